The van der Waals surface area contributed by atoms with E-state index in [4.69, 9.17) is 0 Å². The van der Waals surface area contributed by atoms with Crippen LogP contribution in [0.15, 0.2) is 18.2 Å². The molecule has 0 aliphatic heterocycles. The summed E-state index contributed by atoms with van der Waals surface area (Å²) in [6.45, 7) is 8.46. The normalized spacial score (nSPS) is 12.9. The first-order chi connectivity index (χ1) is 7.04. The van der Waals surface area contributed by atoms with Crippen LogP contribution < -0.4 is 0 Å². The number of hydrogen-bond donors (Lipinski definition) is 0. The van der Waals surface area contributed by atoms with E-state index in [9.17, 15) is 4.79 Å². The number of rotatable bonds is 4. The third kappa shape index (κ3) is 3.19. The molecular formula is C14H20O. The van der Waals surface area contributed by atoms with Crippen LogP contribution in [0.2, 0.25) is 0 Å². The van der Waals surface area contributed by atoms with Gasteiger partial charge in [-0.05, 0) is 36.0 Å². The number of benzene rings is 1. The van der Waals surface area contributed by atoms with Gasteiger partial charge in [-0.25, -0.2) is 0 Å². The molecule has 1 rings (SSSR count). The van der Waals surface area contributed by atoms with Crippen molar-refractivity contribution < 1.29 is 4.79 Å². The van der Waals surface area contributed by atoms with Crippen molar-refractivity contribution in [3.05, 3.63) is 34.9 Å². The van der Waals surface area contributed by atoms with Crippen LogP contribution >= 0.6 is 0 Å². The molecule has 0 saturated heterocycles. The van der Waals surface area contributed by atoms with Crippen molar-refractivity contribution in [2.75, 3.05) is 0 Å². The maximum absolute atomic E-state index is 10.7. The summed E-state index contributed by atoms with van der Waals surface area (Å²) in [5.41, 5.74) is 3.75. The van der Waals surface area contributed by atoms with Crippen molar-refractivity contribution in [2.24, 2.45) is 5.92 Å². The maximum atomic E-state index is 10.7. The van der Waals surface area contributed by atoms with E-state index >= 15 is 0 Å². The summed E-state index contributed by atoms with van der Waals surface area (Å²) in [5.74, 6) is 0.692. The van der Waals surface area contributed by atoms with E-state index in [1.54, 1.807) is 0 Å². The van der Waals surface area contributed by atoms with Crippen LogP contribution in [0, 0.1) is 12.8 Å². The van der Waals surface area contributed by atoms with Crippen LogP contribution in [-0.2, 0) is 11.2 Å². The zero-order valence-electron chi connectivity index (χ0n) is 10.1. The third-order valence-electron chi connectivity index (χ3n) is 2.67. The Kier molecular flexibility index (Phi) is 4.07. The van der Waals surface area contributed by atoms with Crippen molar-refractivity contribution >= 4 is 6.29 Å². The first-order valence-corrected chi connectivity index (χ1v) is 5.59. The minimum absolute atomic E-state index is 0.0121. The number of hydrogen-bond acceptors (Lipinski definition) is 1. The second-order valence-corrected chi connectivity index (χ2v) is 4.71. The fourth-order valence-electron chi connectivity index (χ4n) is 1.92. The van der Waals surface area contributed by atoms with Crippen LogP contribution in [-0.4, -0.2) is 6.29 Å². The fourth-order valence-corrected chi connectivity index (χ4v) is 1.92. The largest absolute Gasteiger partial charge is 0.303 e. The monoisotopic (exact) mass is 204 g/mol. The van der Waals surface area contributed by atoms with Crippen LogP contribution in [0.4, 0.5) is 0 Å². The molecule has 0 aromatic heterocycles. The van der Waals surface area contributed by atoms with Gasteiger partial charge in [0.15, 0.2) is 0 Å². The molecule has 0 heterocycles. The molecule has 0 bridgehead atoms. The summed E-state index contributed by atoms with van der Waals surface area (Å²) in [4.78, 5) is 10.7. The fraction of sp³-hybridized carbons (Fsp3) is 0.500. The lowest BCUT2D eigenvalue weighted by Gasteiger charge is -2.11. The molecule has 0 aliphatic carbocycles. The number of carbonyl (C=O) groups excluding carboxylic acids is 1. The molecule has 0 spiro atoms. The van der Waals surface area contributed by atoms with Gasteiger partial charge in [-0.1, -0.05) is 39.0 Å². The predicted molar refractivity (Wildman–Crippen MR) is 64.2 cm³/mol. The summed E-state index contributed by atoms with van der Waals surface area (Å²) in [6.07, 6.45) is 2.11. The van der Waals surface area contributed by atoms with Gasteiger partial charge in [-0.15, -0.1) is 0 Å². The molecule has 0 N–H and O–H groups in total. The molecule has 1 aromatic carbocycles. The quantitative estimate of drug-likeness (QED) is 0.686. The highest BCUT2D eigenvalue weighted by Gasteiger charge is 2.07. The smallest absolute Gasteiger partial charge is 0.127 e. The van der Waals surface area contributed by atoms with Gasteiger partial charge in [0, 0.05) is 5.92 Å². The van der Waals surface area contributed by atoms with E-state index in [0.29, 0.717) is 5.92 Å². The molecule has 82 valence electrons. The Bertz CT molecular complexity index is 339. The number of aldehydes is 1. The molecule has 0 aliphatic rings. The lowest BCUT2D eigenvalue weighted by atomic mass is 9.93. The van der Waals surface area contributed by atoms with Crippen molar-refractivity contribution in [1.29, 1.82) is 0 Å². The van der Waals surface area contributed by atoms with Gasteiger partial charge in [0.25, 0.3) is 0 Å². The van der Waals surface area contributed by atoms with Crippen LogP contribution in [0.25, 0.3) is 0 Å². The second kappa shape index (κ2) is 5.11. The van der Waals surface area contributed by atoms with E-state index in [0.717, 1.165) is 18.3 Å². The van der Waals surface area contributed by atoms with Crippen molar-refractivity contribution in [3.8, 4) is 0 Å². The first kappa shape index (κ1) is 12.0. The Morgan fingerprint density at radius 2 is 1.93 bits per heavy atom. The average molecular weight is 204 g/mol. The SMILES string of the molecule is Cc1cc(CC(C)C)ccc1C(C)C=O. The van der Waals surface area contributed by atoms with Gasteiger partial charge < -0.3 is 4.79 Å². The van der Waals surface area contributed by atoms with Gasteiger partial charge in [0.2, 0.25) is 0 Å². The van der Waals surface area contributed by atoms with Crippen molar-refractivity contribution in [1.82, 2.24) is 0 Å². The summed E-state index contributed by atoms with van der Waals surface area (Å²) in [7, 11) is 0. The average Bonchev–Trinajstić information content (AvgIpc) is 2.16. The Balaban J connectivity index is 2.92. The second-order valence-electron chi connectivity index (χ2n) is 4.71. The van der Waals surface area contributed by atoms with E-state index in [1.807, 2.05) is 6.92 Å². The Hall–Kier alpha value is -1.11. The van der Waals surface area contributed by atoms with Gasteiger partial charge in [0.05, 0.1) is 0 Å². The standard InChI is InChI=1S/C14H20O/c1-10(2)7-13-5-6-14(11(3)8-13)12(4)9-15/h5-6,8-10,12H,7H2,1-4H3. The molecule has 1 nitrogen and oxygen atoms in total. The molecule has 0 saturated carbocycles. The lowest BCUT2D eigenvalue weighted by Crippen LogP contribution is -2.00. The zero-order valence-corrected chi connectivity index (χ0v) is 10.1. The molecule has 1 atom stereocenters. The van der Waals surface area contributed by atoms with E-state index < -0.39 is 0 Å². The number of carbonyl (C=O) groups is 1. The van der Waals surface area contributed by atoms with Crippen LogP contribution in [0.5, 0.6) is 0 Å². The van der Waals surface area contributed by atoms with Crippen LogP contribution in [0.3, 0.4) is 0 Å². The molecule has 0 amide bonds. The first-order valence-electron chi connectivity index (χ1n) is 5.59. The molecule has 1 heteroatoms. The lowest BCUT2D eigenvalue weighted by molar-refractivity contribution is -0.108. The highest BCUT2D eigenvalue weighted by Crippen LogP contribution is 2.20. The Morgan fingerprint density at radius 3 is 2.40 bits per heavy atom. The topological polar surface area (TPSA) is 17.1 Å². The third-order valence-corrected chi connectivity index (χ3v) is 2.67. The molecule has 1 aromatic rings. The van der Waals surface area contributed by atoms with Crippen molar-refractivity contribution in [3.63, 3.8) is 0 Å². The molecule has 15 heavy (non-hydrogen) atoms. The Labute approximate surface area is 92.5 Å². The van der Waals surface area contributed by atoms with E-state index in [-0.39, 0.29) is 5.92 Å². The summed E-state index contributed by atoms with van der Waals surface area (Å²) in [6, 6.07) is 6.43. The zero-order chi connectivity index (χ0) is 11.4. The highest BCUT2D eigenvalue weighted by atomic mass is 16.1. The molecule has 1 unspecified atom stereocenters. The van der Waals surface area contributed by atoms with E-state index in [2.05, 4.69) is 39.0 Å². The van der Waals surface area contributed by atoms with Gasteiger partial charge in [0.1, 0.15) is 6.29 Å². The van der Waals surface area contributed by atoms with Gasteiger partial charge in [-0.2, -0.15) is 0 Å². The molecule has 0 fully saturated rings. The van der Waals surface area contributed by atoms with Crippen LogP contribution in [0.1, 0.15) is 43.4 Å². The van der Waals surface area contributed by atoms with Gasteiger partial charge in [-0.3, -0.25) is 0 Å². The van der Waals surface area contributed by atoms with E-state index in [1.165, 1.54) is 11.1 Å². The minimum Gasteiger partial charge on any atom is -0.303 e. The predicted octanol–water partition coefficient (Wildman–Crippen LogP) is 3.50. The maximum Gasteiger partial charge on any atom is 0.127 e. The minimum atomic E-state index is 0.0121. The highest BCUT2D eigenvalue weighted by molar-refractivity contribution is 5.62. The van der Waals surface area contributed by atoms with Crippen molar-refractivity contribution in [2.45, 2.75) is 40.0 Å². The van der Waals surface area contributed by atoms with Gasteiger partial charge >= 0.3 is 0 Å². The molecule has 0 radical (unpaired) electrons. The summed E-state index contributed by atoms with van der Waals surface area (Å²) >= 11 is 0. The number of aryl methyl sites for hydroxylation is 1. The summed E-state index contributed by atoms with van der Waals surface area (Å²) < 4.78 is 0. The molecular weight excluding hydrogens is 184 g/mol. The summed E-state index contributed by atoms with van der Waals surface area (Å²) in [5, 5.41) is 0. The Morgan fingerprint density at radius 1 is 1.27 bits per heavy atom.